The molecule has 18 heavy (non-hydrogen) atoms. The van der Waals surface area contributed by atoms with Crippen LogP contribution < -0.4 is 11.1 Å². The van der Waals surface area contributed by atoms with E-state index in [0.29, 0.717) is 24.4 Å². The summed E-state index contributed by atoms with van der Waals surface area (Å²) in [5.74, 6) is 0.0715. The highest BCUT2D eigenvalue weighted by Crippen LogP contribution is 2.41. The minimum absolute atomic E-state index is 0.0204. The molecule has 2 fully saturated rings. The Bertz CT molecular complexity index is 393. The molecule has 2 aliphatic rings. The van der Waals surface area contributed by atoms with Crippen molar-refractivity contribution in [3.8, 4) is 0 Å². The minimum atomic E-state index is -0.630. The first-order valence-electron chi connectivity index (χ1n) is 6.30. The van der Waals surface area contributed by atoms with Gasteiger partial charge in [0.05, 0.1) is 10.4 Å². The lowest BCUT2D eigenvalue weighted by Crippen LogP contribution is -2.57. The number of nitrogens with zero attached hydrogens (tertiary/aromatic N) is 1. The summed E-state index contributed by atoms with van der Waals surface area (Å²) in [6, 6.07) is 0.0204. The van der Waals surface area contributed by atoms with Gasteiger partial charge in [-0.1, -0.05) is 18.6 Å². The largest absolute Gasteiger partial charge is 0.392 e. The van der Waals surface area contributed by atoms with Gasteiger partial charge in [-0.15, -0.1) is 0 Å². The van der Waals surface area contributed by atoms with Gasteiger partial charge in [-0.3, -0.25) is 9.59 Å². The molecule has 0 aromatic rings. The summed E-state index contributed by atoms with van der Waals surface area (Å²) in [6.07, 6.45) is 3.67. The summed E-state index contributed by atoms with van der Waals surface area (Å²) in [5.41, 5.74) is 5.06. The molecule has 100 valence electrons. The highest BCUT2D eigenvalue weighted by Gasteiger charge is 2.47. The van der Waals surface area contributed by atoms with Crippen LogP contribution in [0.3, 0.4) is 0 Å². The molecule has 0 spiro atoms. The topological polar surface area (TPSA) is 75.4 Å². The Hall–Kier alpha value is -1.17. The molecule has 0 aromatic heterocycles. The molecule has 1 heterocycles. The molecule has 0 bridgehead atoms. The van der Waals surface area contributed by atoms with Crippen molar-refractivity contribution >= 4 is 29.0 Å². The molecule has 1 saturated heterocycles. The van der Waals surface area contributed by atoms with Gasteiger partial charge >= 0.3 is 0 Å². The highest BCUT2D eigenvalue weighted by molar-refractivity contribution is 7.80. The number of likely N-dealkylation sites (tertiary alicyclic amines) is 1. The second-order valence-electron chi connectivity index (χ2n) is 5.28. The van der Waals surface area contributed by atoms with Gasteiger partial charge in [0.2, 0.25) is 11.8 Å². The Kier molecular flexibility index (Phi) is 3.56. The van der Waals surface area contributed by atoms with Gasteiger partial charge in [0, 0.05) is 26.1 Å². The molecule has 1 atom stereocenters. The van der Waals surface area contributed by atoms with Crippen LogP contribution in [0.4, 0.5) is 0 Å². The molecule has 1 saturated carbocycles. The molecule has 1 unspecified atom stereocenters. The molecule has 1 aliphatic heterocycles. The third kappa shape index (κ3) is 2.21. The molecule has 0 aromatic carbocycles. The van der Waals surface area contributed by atoms with Crippen molar-refractivity contribution in [1.29, 1.82) is 0 Å². The predicted molar refractivity (Wildman–Crippen MR) is 71.9 cm³/mol. The van der Waals surface area contributed by atoms with Crippen LogP contribution >= 0.6 is 12.2 Å². The van der Waals surface area contributed by atoms with Crippen LogP contribution in [-0.2, 0) is 9.59 Å². The van der Waals surface area contributed by atoms with Crippen LogP contribution in [0.2, 0.25) is 0 Å². The van der Waals surface area contributed by atoms with Crippen molar-refractivity contribution in [3.63, 3.8) is 0 Å². The summed E-state index contributed by atoms with van der Waals surface area (Å²) >= 11 is 5.02. The Labute approximate surface area is 112 Å². The van der Waals surface area contributed by atoms with Crippen LogP contribution in [0.15, 0.2) is 0 Å². The van der Waals surface area contributed by atoms with Crippen LogP contribution in [-0.4, -0.2) is 41.3 Å². The fraction of sp³-hybridized carbons (Fsp3) is 0.750. The maximum atomic E-state index is 12.3. The second kappa shape index (κ2) is 4.84. The Morgan fingerprint density at radius 1 is 1.56 bits per heavy atom. The number of nitrogens with one attached hydrogen (secondary N) is 1. The lowest BCUT2D eigenvalue weighted by atomic mass is 9.68. The number of hydrogen-bond donors (Lipinski definition) is 2. The number of piperidine rings is 1. The first-order valence-corrected chi connectivity index (χ1v) is 6.71. The van der Waals surface area contributed by atoms with Crippen LogP contribution in [0.25, 0.3) is 0 Å². The monoisotopic (exact) mass is 269 g/mol. The number of carbonyl (C=O) groups is 2. The smallest absolute Gasteiger partial charge is 0.233 e. The molecule has 2 amide bonds. The molecule has 1 aliphatic carbocycles. The molecule has 0 radical (unpaired) electrons. The lowest BCUT2D eigenvalue weighted by molar-refractivity contribution is -0.136. The van der Waals surface area contributed by atoms with E-state index in [2.05, 4.69) is 5.32 Å². The van der Waals surface area contributed by atoms with E-state index in [0.717, 1.165) is 19.3 Å². The van der Waals surface area contributed by atoms with Gasteiger partial charge in [0.15, 0.2) is 0 Å². The first kappa shape index (κ1) is 13.3. The summed E-state index contributed by atoms with van der Waals surface area (Å²) in [4.78, 5) is 25.6. The fourth-order valence-electron chi connectivity index (χ4n) is 2.57. The fourth-order valence-corrected chi connectivity index (χ4v) is 2.87. The molecular weight excluding hydrogens is 250 g/mol. The van der Waals surface area contributed by atoms with E-state index in [4.69, 9.17) is 18.0 Å². The van der Waals surface area contributed by atoms with E-state index in [-0.39, 0.29) is 17.9 Å². The van der Waals surface area contributed by atoms with E-state index >= 15 is 0 Å². The zero-order chi connectivity index (χ0) is 13.3. The number of carbonyl (C=O) groups excluding carboxylic acids is 2. The summed E-state index contributed by atoms with van der Waals surface area (Å²) < 4.78 is 0. The van der Waals surface area contributed by atoms with E-state index in [1.165, 1.54) is 0 Å². The van der Waals surface area contributed by atoms with Crippen LogP contribution in [0.1, 0.15) is 32.1 Å². The van der Waals surface area contributed by atoms with Gasteiger partial charge in [0.1, 0.15) is 0 Å². The van der Waals surface area contributed by atoms with Crippen LogP contribution in [0.5, 0.6) is 0 Å². The molecule has 5 nitrogen and oxygen atoms in total. The maximum absolute atomic E-state index is 12.3. The summed E-state index contributed by atoms with van der Waals surface area (Å²) in [7, 11) is 1.76. The normalized spacial score (nSPS) is 26.4. The molecular formula is C12H19N3O2S. The number of hydrogen-bond acceptors (Lipinski definition) is 3. The zero-order valence-corrected chi connectivity index (χ0v) is 11.4. The van der Waals surface area contributed by atoms with E-state index in [1.807, 2.05) is 0 Å². The van der Waals surface area contributed by atoms with Gasteiger partial charge in [-0.05, 0) is 19.3 Å². The van der Waals surface area contributed by atoms with Crippen molar-refractivity contribution in [2.24, 2.45) is 11.1 Å². The average Bonchev–Trinajstić information content (AvgIpc) is 2.21. The predicted octanol–water partition coefficient (Wildman–Crippen LogP) is 0.180. The number of nitrogens with two attached hydrogens (primary N) is 1. The van der Waals surface area contributed by atoms with E-state index < -0.39 is 5.41 Å². The van der Waals surface area contributed by atoms with Gasteiger partial charge in [-0.2, -0.15) is 0 Å². The maximum Gasteiger partial charge on any atom is 0.233 e. The van der Waals surface area contributed by atoms with Crippen molar-refractivity contribution in [1.82, 2.24) is 10.2 Å². The SMILES string of the molecule is CN1CC(NC(=O)C2(C(N)=S)CCC2)CCC1=O. The third-order valence-corrected chi connectivity index (χ3v) is 4.47. The van der Waals surface area contributed by atoms with Gasteiger partial charge < -0.3 is 16.0 Å². The Balaban J connectivity index is 1.95. The third-order valence-electron chi connectivity index (χ3n) is 4.08. The zero-order valence-electron chi connectivity index (χ0n) is 10.6. The first-order chi connectivity index (χ1) is 8.45. The van der Waals surface area contributed by atoms with Crippen LogP contribution in [0, 0.1) is 5.41 Å². The Morgan fingerprint density at radius 3 is 2.67 bits per heavy atom. The second-order valence-corrected chi connectivity index (χ2v) is 5.72. The summed E-state index contributed by atoms with van der Waals surface area (Å²) in [6.45, 7) is 0.567. The lowest BCUT2D eigenvalue weighted by Gasteiger charge is -2.41. The van der Waals surface area contributed by atoms with E-state index in [9.17, 15) is 9.59 Å². The Morgan fingerprint density at radius 2 is 2.22 bits per heavy atom. The van der Waals surface area contributed by atoms with Gasteiger partial charge in [-0.25, -0.2) is 0 Å². The molecule has 6 heteroatoms. The van der Waals surface area contributed by atoms with Gasteiger partial charge in [0.25, 0.3) is 0 Å². The number of thiocarbonyl (C=S) groups is 1. The standard InChI is InChI=1S/C12H19N3O2S/c1-15-7-8(3-4-9(15)16)14-11(17)12(10(13)18)5-2-6-12/h8H,2-7H2,1H3,(H2,13,18)(H,14,17). The number of rotatable bonds is 3. The quantitative estimate of drug-likeness (QED) is 0.717. The van der Waals surface area contributed by atoms with Crippen molar-refractivity contribution in [2.75, 3.05) is 13.6 Å². The summed E-state index contributed by atoms with van der Waals surface area (Å²) in [5, 5.41) is 2.99. The molecule has 3 N–H and O–H groups in total. The van der Waals surface area contributed by atoms with E-state index in [1.54, 1.807) is 11.9 Å². The van der Waals surface area contributed by atoms with Crippen molar-refractivity contribution in [2.45, 2.75) is 38.1 Å². The molecule has 2 rings (SSSR count). The highest BCUT2D eigenvalue weighted by atomic mass is 32.1. The number of amides is 2. The van der Waals surface area contributed by atoms with Crippen molar-refractivity contribution in [3.05, 3.63) is 0 Å². The minimum Gasteiger partial charge on any atom is -0.392 e. The van der Waals surface area contributed by atoms with Crippen molar-refractivity contribution < 1.29 is 9.59 Å². The average molecular weight is 269 g/mol. The number of likely N-dealkylation sites (N-methyl/N-ethyl adjacent to an activating group) is 1.